The van der Waals surface area contributed by atoms with E-state index in [9.17, 15) is 10.2 Å². The summed E-state index contributed by atoms with van der Waals surface area (Å²) in [5.41, 5.74) is 0. The van der Waals surface area contributed by atoms with Gasteiger partial charge in [-0.2, -0.15) is 0 Å². The molecule has 2 nitrogen and oxygen atoms in total. The summed E-state index contributed by atoms with van der Waals surface area (Å²) in [4.78, 5) is 0. The zero-order valence-electron chi connectivity index (χ0n) is 9.19. The Morgan fingerprint density at radius 3 is 2.57 bits per heavy atom. The van der Waals surface area contributed by atoms with Crippen LogP contribution in [0.2, 0.25) is 0 Å². The molecule has 2 rings (SSSR count). The van der Waals surface area contributed by atoms with Gasteiger partial charge in [-0.25, -0.2) is 0 Å². The van der Waals surface area contributed by atoms with Crippen molar-refractivity contribution in [1.29, 1.82) is 0 Å². The number of hydrogen-bond donors (Lipinski definition) is 2. The van der Waals surface area contributed by atoms with Crippen LogP contribution in [0.25, 0.3) is 0 Å². The molecular weight excluding hydrogens is 176 g/mol. The van der Waals surface area contributed by atoms with Crippen LogP contribution in [-0.4, -0.2) is 22.4 Å². The van der Waals surface area contributed by atoms with Crippen LogP contribution in [0.3, 0.4) is 0 Å². The second kappa shape index (κ2) is 3.82. The van der Waals surface area contributed by atoms with Gasteiger partial charge in [-0.1, -0.05) is 26.7 Å². The first-order valence-electron chi connectivity index (χ1n) is 6.01. The monoisotopic (exact) mass is 198 g/mol. The minimum atomic E-state index is -0.471. The van der Waals surface area contributed by atoms with Gasteiger partial charge in [0.15, 0.2) is 0 Å². The SMILES string of the molecule is CCC1CC(O)C(O)C2C(C)CCC12. The molecule has 14 heavy (non-hydrogen) atoms. The van der Waals surface area contributed by atoms with Crippen molar-refractivity contribution in [3.05, 3.63) is 0 Å². The van der Waals surface area contributed by atoms with Crippen LogP contribution < -0.4 is 0 Å². The smallest absolute Gasteiger partial charge is 0.0832 e. The van der Waals surface area contributed by atoms with E-state index in [1.165, 1.54) is 12.8 Å². The van der Waals surface area contributed by atoms with Crippen LogP contribution in [0.1, 0.15) is 39.5 Å². The first-order chi connectivity index (χ1) is 6.65. The van der Waals surface area contributed by atoms with Crippen molar-refractivity contribution in [2.24, 2.45) is 23.7 Å². The lowest BCUT2D eigenvalue weighted by Gasteiger charge is -2.41. The lowest BCUT2D eigenvalue weighted by Crippen LogP contribution is -2.46. The maximum absolute atomic E-state index is 9.98. The van der Waals surface area contributed by atoms with E-state index in [4.69, 9.17) is 0 Å². The molecule has 0 spiro atoms. The molecule has 0 aromatic carbocycles. The third-order valence-electron chi connectivity index (χ3n) is 4.57. The minimum absolute atomic E-state index is 0.365. The maximum Gasteiger partial charge on any atom is 0.0832 e. The molecule has 6 atom stereocenters. The number of aliphatic hydroxyl groups is 2. The molecule has 2 saturated carbocycles. The Kier molecular flexibility index (Phi) is 2.85. The maximum atomic E-state index is 9.98. The number of rotatable bonds is 1. The molecule has 6 unspecified atom stereocenters. The molecule has 0 bridgehead atoms. The largest absolute Gasteiger partial charge is 0.390 e. The second-order valence-corrected chi connectivity index (χ2v) is 5.26. The first kappa shape index (κ1) is 10.4. The van der Waals surface area contributed by atoms with Crippen LogP contribution in [0.4, 0.5) is 0 Å². The Labute approximate surface area is 86.3 Å². The van der Waals surface area contributed by atoms with Gasteiger partial charge in [-0.05, 0) is 36.5 Å². The van der Waals surface area contributed by atoms with Gasteiger partial charge < -0.3 is 10.2 Å². The third-order valence-corrected chi connectivity index (χ3v) is 4.57. The van der Waals surface area contributed by atoms with Crippen LogP contribution in [0.5, 0.6) is 0 Å². The summed E-state index contributed by atoms with van der Waals surface area (Å²) in [5, 5.41) is 19.8. The van der Waals surface area contributed by atoms with E-state index in [2.05, 4.69) is 13.8 Å². The fourth-order valence-corrected chi connectivity index (χ4v) is 3.75. The Morgan fingerprint density at radius 2 is 1.93 bits per heavy atom. The number of hydrogen-bond acceptors (Lipinski definition) is 2. The van der Waals surface area contributed by atoms with Gasteiger partial charge in [-0.3, -0.25) is 0 Å². The average molecular weight is 198 g/mol. The van der Waals surface area contributed by atoms with E-state index in [1.54, 1.807) is 0 Å². The summed E-state index contributed by atoms with van der Waals surface area (Å²) >= 11 is 0. The van der Waals surface area contributed by atoms with Crippen molar-refractivity contribution in [2.75, 3.05) is 0 Å². The molecule has 0 aromatic rings. The summed E-state index contributed by atoms with van der Waals surface area (Å²) in [6, 6.07) is 0. The first-order valence-corrected chi connectivity index (χ1v) is 6.01. The fraction of sp³-hybridized carbons (Fsp3) is 1.00. The lowest BCUT2D eigenvalue weighted by molar-refractivity contribution is -0.0904. The highest BCUT2D eigenvalue weighted by Crippen LogP contribution is 2.49. The third kappa shape index (κ3) is 1.49. The Bertz CT molecular complexity index is 204. The molecule has 0 heterocycles. The predicted molar refractivity (Wildman–Crippen MR) is 55.8 cm³/mol. The van der Waals surface area contributed by atoms with Crippen molar-refractivity contribution in [2.45, 2.75) is 51.7 Å². The van der Waals surface area contributed by atoms with Crippen LogP contribution in [0.15, 0.2) is 0 Å². The molecule has 82 valence electrons. The standard InChI is InChI=1S/C12H22O2/c1-3-8-6-10(13)12(14)11-7(2)4-5-9(8)11/h7-14H,3-6H2,1-2H3. The quantitative estimate of drug-likeness (QED) is 0.674. The topological polar surface area (TPSA) is 40.5 Å². The van der Waals surface area contributed by atoms with Crippen molar-refractivity contribution in [1.82, 2.24) is 0 Å². The lowest BCUT2D eigenvalue weighted by atomic mass is 9.68. The van der Waals surface area contributed by atoms with Gasteiger partial charge in [0.1, 0.15) is 0 Å². The predicted octanol–water partition coefficient (Wildman–Crippen LogP) is 1.80. The van der Waals surface area contributed by atoms with E-state index in [0.717, 1.165) is 12.8 Å². The van der Waals surface area contributed by atoms with Gasteiger partial charge in [0.2, 0.25) is 0 Å². The van der Waals surface area contributed by atoms with Crippen molar-refractivity contribution < 1.29 is 10.2 Å². The highest BCUT2D eigenvalue weighted by molar-refractivity contribution is 4.97. The molecule has 2 N–H and O–H groups in total. The van der Waals surface area contributed by atoms with Gasteiger partial charge in [0.25, 0.3) is 0 Å². The molecule has 2 aliphatic carbocycles. The number of aliphatic hydroxyl groups excluding tert-OH is 2. The van der Waals surface area contributed by atoms with E-state index in [-0.39, 0.29) is 0 Å². The summed E-state index contributed by atoms with van der Waals surface area (Å²) in [6.45, 7) is 4.42. The van der Waals surface area contributed by atoms with Crippen molar-refractivity contribution in [3.63, 3.8) is 0 Å². The van der Waals surface area contributed by atoms with E-state index in [1.807, 2.05) is 0 Å². The van der Waals surface area contributed by atoms with Gasteiger partial charge in [0.05, 0.1) is 12.2 Å². The minimum Gasteiger partial charge on any atom is -0.390 e. The van der Waals surface area contributed by atoms with Gasteiger partial charge in [-0.15, -0.1) is 0 Å². The Balaban J connectivity index is 2.16. The Morgan fingerprint density at radius 1 is 1.21 bits per heavy atom. The van der Waals surface area contributed by atoms with Crippen molar-refractivity contribution >= 4 is 0 Å². The van der Waals surface area contributed by atoms with E-state index < -0.39 is 12.2 Å². The summed E-state index contributed by atoms with van der Waals surface area (Å²) in [5.74, 6) is 2.28. The van der Waals surface area contributed by atoms with Gasteiger partial charge in [0, 0.05) is 0 Å². The van der Waals surface area contributed by atoms with Crippen LogP contribution in [-0.2, 0) is 0 Å². The highest BCUT2D eigenvalue weighted by Gasteiger charge is 2.47. The summed E-state index contributed by atoms with van der Waals surface area (Å²) in [7, 11) is 0. The van der Waals surface area contributed by atoms with E-state index in [0.29, 0.717) is 23.7 Å². The molecule has 0 amide bonds. The molecule has 0 aromatic heterocycles. The molecule has 0 saturated heterocycles. The highest BCUT2D eigenvalue weighted by atomic mass is 16.3. The summed E-state index contributed by atoms with van der Waals surface area (Å²) in [6.07, 6.45) is 3.52. The molecule has 0 radical (unpaired) electrons. The molecule has 2 aliphatic rings. The molecule has 0 aliphatic heterocycles. The fourth-order valence-electron chi connectivity index (χ4n) is 3.75. The van der Waals surface area contributed by atoms with Crippen LogP contribution >= 0.6 is 0 Å². The number of fused-ring (bicyclic) bond motifs is 1. The van der Waals surface area contributed by atoms with Crippen molar-refractivity contribution in [3.8, 4) is 0 Å². The Hall–Kier alpha value is -0.0800. The zero-order valence-corrected chi connectivity index (χ0v) is 9.19. The molecular formula is C12H22O2. The molecule has 2 fully saturated rings. The van der Waals surface area contributed by atoms with E-state index >= 15 is 0 Å². The molecule has 2 heteroatoms. The zero-order chi connectivity index (χ0) is 10.3. The second-order valence-electron chi connectivity index (χ2n) is 5.26. The van der Waals surface area contributed by atoms with Gasteiger partial charge >= 0.3 is 0 Å². The average Bonchev–Trinajstić information content (AvgIpc) is 2.54. The summed E-state index contributed by atoms with van der Waals surface area (Å²) < 4.78 is 0. The normalized spacial score (nSPS) is 53.1. The van der Waals surface area contributed by atoms with Crippen LogP contribution in [0, 0.1) is 23.7 Å².